The van der Waals surface area contributed by atoms with Crippen molar-refractivity contribution in [3.63, 3.8) is 0 Å². The molecule has 0 saturated carbocycles. The molecule has 1 aliphatic heterocycles. The number of fused-ring (bicyclic) bond motifs is 1. The summed E-state index contributed by atoms with van der Waals surface area (Å²) in [5, 5.41) is 4.87. The Morgan fingerprint density at radius 3 is 2.22 bits per heavy atom. The fraction of sp³-hybridized carbons (Fsp3) is 0.290. The second kappa shape index (κ2) is 11.1. The number of allylic oxidation sites excluding steroid dienone is 1. The number of unbranched alkanes of at least 4 members (excludes halogenated alkanes) is 2. The molecule has 1 aliphatic carbocycles. The zero-order valence-corrected chi connectivity index (χ0v) is 22.4. The Bertz CT molecular complexity index is 1330. The molecular weight excluding hydrogens is 503 g/mol. The molecular formula is C31H30Cl2N2O2. The van der Waals surface area contributed by atoms with Crippen molar-refractivity contribution in [1.82, 2.24) is 0 Å². The van der Waals surface area contributed by atoms with Crippen LogP contribution >= 0.6 is 23.2 Å². The molecule has 4 nitrogen and oxygen atoms in total. The highest BCUT2D eigenvalue weighted by atomic mass is 35.5. The van der Waals surface area contributed by atoms with Crippen molar-refractivity contribution in [2.75, 3.05) is 10.2 Å². The first-order valence-corrected chi connectivity index (χ1v) is 13.7. The minimum Gasteiger partial charge on any atom is -0.357 e. The van der Waals surface area contributed by atoms with Gasteiger partial charge in [-0.25, -0.2) is 0 Å². The second-order valence-electron chi connectivity index (χ2n) is 9.79. The van der Waals surface area contributed by atoms with Crippen LogP contribution in [-0.4, -0.2) is 11.7 Å². The quantitative estimate of drug-likeness (QED) is 0.323. The lowest BCUT2D eigenvalue weighted by Crippen LogP contribution is -2.38. The third-order valence-corrected chi connectivity index (χ3v) is 7.78. The van der Waals surface area contributed by atoms with Gasteiger partial charge in [0.15, 0.2) is 5.78 Å². The number of carbonyl (C=O) groups is 2. The standard InChI is InChI=1S/C31H30Cl2N2O2/c1-2-3-4-9-29(37)35-27-8-6-5-7-25(27)34-26-18-22(20-10-14-23(32)15-11-20)19-28(36)30(26)31(35)21-12-16-24(33)17-13-21/h5-8,10-17,22,31,34H,2-4,9,18-19H2,1H3/t22-,31-/m1/s1. The number of Topliss-reactive ketones (excluding diaryl/α,β-unsaturated/α-hetero) is 1. The largest absolute Gasteiger partial charge is 0.357 e. The fourth-order valence-corrected chi connectivity index (χ4v) is 5.70. The highest BCUT2D eigenvalue weighted by Crippen LogP contribution is 2.47. The molecule has 0 aromatic heterocycles. The molecule has 0 spiro atoms. The third-order valence-electron chi connectivity index (χ3n) is 7.28. The van der Waals surface area contributed by atoms with Gasteiger partial charge in [-0.15, -0.1) is 0 Å². The Labute approximate surface area is 228 Å². The Kier molecular flexibility index (Phi) is 7.68. The first kappa shape index (κ1) is 25.6. The van der Waals surface area contributed by atoms with Crippen molar-refractivity contribution in [3.8, 4) is 0 Å². The van der Waals surface area contributed by atoms with Crippen LogP contribution in [0.25, 0.3) is 0 Å². The van der Waals surface area contributed by atoms with Crippen molar-refractivity contribution in [1.29, 1.82) is 0 Å². The summed E-state index contributed by atoms with van der Waals surface area (Å²) in [5.41, 5.74) is 5.10. The van der Waals surface area contributed by atoms with Gasteiger partial charge < -0.3 is 5.32 Å². The maximum absolute atomic E-state index is 14.0. The van der Waals surface area contributed by atoms with Gasteiger partial charge in [-0.2, -0.15) is 0 Å². The molecule has 0 bridgehead atoms. The zero-order chi connectivity index (χ0) is 25.9. The van der Waals surface area contributed by atoms with Gasteiger partial charge in [0.05, 0.1) is 17.4 Å². The van der Waals surface area contributed by atoms with E-state index in [9.17, 15) is 9.59 Å². The summed E-state index contributed by atoms with van der Waals surface area (Å²) in [6.45, 7) is 2.13. The van der Waals surface area contributed by atoms with E-state index < -0.39 is 6.04 Å². The number of ketones is 1. The highest BCUT2D eigenvalue weighted by molar-refractivity contribution is 6.30. The monoisotopic (exact) mass is 532 g/mol. The number of amides is 1. The van der Waals surface area contributed by atoms with Gasteiger partial charge in [0, 0.05) is 34.2 Å². The van der Waals surface area contributed by atoms with Crippen molar-refractivity contribution in [2.24, 2.45) is 0 Å². The van der Waals surface area contributed by atoms with E-state index in [1.165, 1.54) is 0 Å². The van der Waals surface area contributed by atoms with Gasteiger partial charge in [0.1, 0.15) is 0 Å². The van der Waals surface area contributed by atoms with E-state index in [4.69, 9.17) is 23.2 Å². The maximum atomic E-state index is 14.0. The summed E-state index contributed by atoms with van der Waals surface area (Å²) < 4.78 is 0. The van der Waals surface area contributed by atoms with Crippen LogP contribution in [0.2, 0.25) is 10.0 Å². The Balaban J connectivity index is 1.65. The predicted molar refractivity (Wildman–Crippen MR) is 151 cm³/mol. The lowest BCUT2D eigenvalue weighted by molar-refractivity contribution is -0.119. The van der Waals surface area contributed by atoms with Crippen LogP contribution in [0.3, 0.4) is 0 Å². The number of hydrogen-bond acceptors (Lipinski definition) is 3. The highest BCUT2D eigenvalue weighted by Gasteiger charge is 2.41. The summed E-state index contributed by atoms with van der Waals surface area (Å²) in [6.07, 6.45) is 4.30. The lowest BCUT2D eigenvalue weighted by Gasteiger charge is -2.35. The fourth-order valence-electron chi connectivity index (χ4n) is 5.44. The van der Waals surface area contributed by atoms with Crippen LogP contribution in [-0.2, 0) is 9.59 Å². The number of anilines is 2. The molecule has 1 heterocycles. The predicted octanol–water partition coefficient (Wildman–Crippen LogP) is 8.47. The van der Waals surface area contributed by atoms with Gasteiger partial charge in [-0.3, -0.25) is 14.5 Å². The normalized spacial score (nSPS) is 19.1. The van der Waals surface area contributed by atoms with Crippen LogP contribution in [0.15, 0.2) is 84.1 Å². The van der Waals surface area contributed by atoms with Gasteiger partial charge in [0.2, 0.25) is 5.91 Å². The summed E-state index contributed by atoms with van der Waals surface area (Å²) in [6, 6.07) is 22.5. The van der Waals surface area contributed by atoms with E-state index in [-0.39, 0.29) is 17.6 Å². The molecule has 6 heteroatoms. The van der Waals surface area contributed by atoms with E-state index in [0.29, 0.717) is 34.9 Å². The second-order valence-corrected chi connectivity index (χ2v) is 10.7. The first-order chi connectivity index (χ1) is 18.0. The minimum absolute atomic E-state index is 0.0176. The number of nitrogens with one attached hydrogen (secondary N) is 1. The van der Waals surface area contributed by atoms with Gasteiger partial charge >= 0.3 is 0 Å². The van der Waals surface area contributed by atoms with Crippen LogP contribution in [0.5, 0.6) is 0 Å². The Hall–Kier alpha value is -3.08. The smallest absolute Gasteiger partial charge is 0.227 e. The molecule has 0 fully saturated rings. The Morgan fingerprint density at radius 1 is 0.892 bits per heavy atom. The molecule has 190 valence electrons. The van der Waals surface area contributed by atoms with Crippen molar-refractivity contribution in [2.45, 2.75) is 57.4 Å². The molecule has 3 aromatic rings. The maximum Gasteiger partial charge on any atom is 0.227 e. The first-order valence-electron chi connectivity index (χ1n) is 12.9. The molecule has 2 atom stereocenters. The number of hydrogen-bond donors (Lipinski definition) is 1. The molecule has 1 N–H and O–H groups in total. The molecule has 0 unspecified atom stereocenters. The van der Waals surface area contributed by atoms with E-state index >= 15 is 0 Å². The molecule has 1 amide bonds. The molecule has 37 heavy (non-hydrogen) atoms. The van der Waals surface area contributed by atoms with Gasteiger partial charge in [-0.05, 0) is 66.3 Å². The lowest BCUT2D eigenvalue weighted by atomic mass is 9.78. The summed E-state index contributed by atoms with van der Waals surface area (Å²) in [4.78, 5) is 29.7. The summed E-state index contributed by atoms with van der Waals surface area (Å²) in [5.74, 6) is 0.0951. The van der Waals surface area contributed by atoms with Crippen molar-refractivity contribution < 1.29 is 9.59 Å². The molecule has 5 rings (SSSR count). The number of halogens is 2. The zero-order valence-electron chi connectivity index (χ0n) is 20.8. The van der Waals surface area contributed by atoms with E-state index in [2.05, 4.69) is 12.2 Å². The SMILES string of the molecule is CCCCCC(=O)N1c2ccccc2NC2=C(C(=O)C[C@H](c3ccc(Cl)cc3)C2)[C@H]1c1ccc(Cl)cc1. The van der Waals surface area contributed by atoms with Crippen molar-refractivity contribution in [3.05, 3.63) is 105 Å². The van der Waals surface area contributed by atoms with Gasteiger partial charge in [-0.1, -0.05) is 79.4 Å². The molecule has 2 aliphatic rings. The third kappa shape index (κ3) is 5.32. The summed E-state index contributed by atoms with van der Waals surface area (Å²) in [7, 11) is 0. The topological polar surface area (TPSA) is 49.4 Å². The Morgan fingerprint density at radius 2 is 1.54 bits per heavy atom. The average Bonchev–Trinajstić information content (AvgIpc) is 3.04. The minimum atomic E-state index is -0.531. The van der Waals surface area contributed by atoms with Crippen LogP contribution in [0, 0.1) is 0 Å². The number of para-hydroxylation sites is 2. The van der Waals surface area contributed by atoms with E-state index in [1.54, 1.807) is 0 Å². The van der Waals surface area contributed by atoms with Crippen molar-refractivity contribution >= 4 is 46.3 Å². The average molecular weight is 533 g/mol. The number of benzene rings is 3. The summed E-state index contributed by atoms with van der Waals surface area (Å²) >= 11 is 12.4. The van der Waals surface area contributed by atoms with Crippen LogP contribution in [0.1, 0.15) is 68.5 Å². The number of rotatable bonds is 6. The molecule has 3 aromatic carbocycles. The molecule has 0 radical (unpaired) electrons. The van der Waals surface area contributed by atoms with Crippen LogP contribution in [0.4, 0.5) is 11.4 Å². The number of nitrogens with zero attached hydrogens (tertiary/aromatic N) is 1. The van der Waals surface area contributed by atoms with Gasteiger partial charge in [0.25, 0.3) is 0 Å². The number of carbonyl (C=O) groups excluding carboxylic acids is 2. The van der Waals surface area contributed by atoms with E-state index in [1.807, 2.05) is 77.7 Å². The van der Waals surface area contributed by atoms with Crippen LogP contribution < -0.4 is 10.2 Å². The molecule has 0 saturated heterocycles. The van der Waals surface area contributed by atoms with E-state index in [0.717, 1.165) is 47.5 Å².